The first-order valence-electron chi connectivity index (χ1n) is 8.02. The minimum absolute atomic E-state index is 0.0157. The predicted molar refractivity (Wildman–Crippen MR) is 88.5 cm³/mol. The van der Waals surface area contributed by atoms with Crippen LogP contribution in [0.15, 0.2) is 42.5 Å². The van der Waals surface area contributed by atoms with E-state index in [-0.39, 0.29) is 12.2 Å². The van der Waals surface area contributed by atoms with Crippen molar-refractivity contribution in [3.05, 3.63) is 48.0 Å². The van der Waals surface area contributed by atoms with Gasteiger partial charge in [-0.05, 0) is 38.3 Å². The van der Waals surface area contributed by atoms with Gasteiger partial charge in [-0.15, -0.1) is 0 Å². The molecule has 3 nitrogen and oxygen atoms in total. The van der Waals surface area contributed by atoms with E-state index in [1.165, 1.54) is 5.56 Å². The molecule has 0 aromatic heterocycles. The van der Waals surface area contributed by atoms with Crippen molar-refractivity contribution < 1.29 is 14.2 Å². The zero-order chi connectivity index (χ0) is 16.2. The van der Waals surface area contributed by atoms with Gasteiger partial charge in [0.15, 0.2) is 5.79 Å². The second-order valence-corrected chi connectivity index (χ2v) is 6.65. The summed E-state index contributed by atoms with van der Waals surface area (Å²) in [7, 11) is 0. The largest absolute Gasteiger partial charge is 0.369 e. The molecule has 0 bridgehead atoms. The van der Waals surface area contributed by atoms with Crippen LogP contribution in [0.3, 0.4) is 0 Å². The Morgan fingerprint density at radius 2 is 2.05 bits per heavy atom. The quantitative estimate of drug-likeness (QED) is 0.732. The molecule has 3 atom stereocenters. The number of ether oxygens (including phenoxy) is 3. The van der Waals surface area contributed by atoms with E-state index in [9.17, 15) is 0 Å². The molecule has 1 aromatic rings. The van der Waals surface area contributed by atoms with Gasteiger partial charge in [0.05, 0.1) is 25.4 Å². The Hall–Kier alpha value is -1.16. The van der Waals surface area contributed by atoms with Crippen LogP contribution < -0.4 is 0 Å². The highest BCUT2D eigenvalue weighted by molar-refractivity contribution is 5.14. The molecular weight excluding hydrogens is 276 g/mol. The Morgan fingerprint density at radius 3 is 2.73 bits per heavy atom. The van der Waals surface area contributed by atoms with Crippen LogP contribution in [0.2, 0.25) is 0 Å². The highest BCUT2D eigenvalue weighted by atomic mass is 16.7. The summed E-state index contributed by atoms with van der Waals surface area (Å²) in [4.78, 5) is 0. The van der Waals surface area contributed by atoms with E-state index < -0.39 is 5.79 Å². The number of hydrogen-bond donors (Lipinski definition) is 0. The zero-order valence-electron chi connectivity index (χ0n) is 14.2. The van der Waals surface area contributed by atoms with E-state index in [4.69, 9.17) is 14.2 Å². The van der Waals surface area contributed by atoms with Crippen molar-refractivity contribution >= 4 is 0 Å². The van der Waals surface area contributed by atoms with Gasteiger partial charge < -0.3 is 14.2 Å². The molecule has 0 aliphatic carbocycles. The molecule has 1 aromatic carbocycles. The average Bonchev–Trinajstić information content (AvgIpc) is 2.49. The Balaban J connectivity index is 1.83. The summed E-state index contributed by atoms with van der Waals surface area (Å²) in [6.07, 6.45) is 0.963. The summed E-state index contributed by atoms with van der Waals surface area (Å²) in [6.45, 7) is 13.7. The molecule has 1 aliphatic heterocycles. The first-order chi connectivity index (χ1) is 10.4. The molecule has 0 unspecified atom stereocenters. The van der Waals surface area contributed by atoms with Crippen molar-refractivity contribution in [3.8, 4) is 0 Å². The van der Waals surface area contributed by atoms with Crippen molar-refractivity contribution in [2.45, 2.75) is 58.7 Å². The van der Waals surface area contributed by atoms with Gasteiger partial charge in [-0.3, -0.25) is 0 Å². The molecule has 1 fully saturated rings. The van der Waals surface area contributed by atoms with E-state index in [2.05, 4.69) is 32.6 Å². The van der Waals surface area contributed by atoms with Crippen molar-refractivity contribution in [1.29, 1.82) is 0 Å². The van der Waals surface area contributed by atoms with E-state index in [0.29, 0.717) is 12.5 Å². The number of benzene rings is 1. The lowest BCUT2D eigenvalue weighted by Gasteiger charge is -2.40. The Morgan fingerprint density at radius 1 is 1.36 bits per heavy atom. The first kappa shape index (κ1) is 17.2. The van der Waals surface area contributed by atoms with Crippen molar-refractivity contribution in [1.82, 2.24) is 0 Å². The van der Waals surface area contributed by atoms with Crippen LogP contribution in [0.1, 0.15) is 39.7 Å². The summed E-state index contributed by atoms with van der Waals surface area (Å²) in [5.74, 6) is -0.142. The van der Waals surface area contributed by atoms with Gasteiger partial charge in [0.2, 0.25) is 0 Å². The fourth-order valence-corrected chi connectivity index (χ4v) is 2.53. The van der Waals surface area contributed by atoms with Crippen LogP contribution in [-0.2, 0) is 20.8 Å². The van der Waals surface area contributed by atoms with Gasteiger partial charge in [-0.1, -0.05) is 43.8 Å². The van der Waals surface area contributed by atoms with Crippen LogP contribution in [0.5, 0.6) is 0 Å². The van der Waals surface area contributed by atoms with E-state index in [0.717, 1.165) is 18.6 Å². The van der Waals surface area contributed by atoms with Crippen molar-refractivity contribution in [3.63, 3.8) is 0 Å². The molecule has 1 saturated heterocycles. The molecule has 1 heterocycles. The Bertz CT molecular complexity index is 481. The molecule has 0 radical (unpaired) electrons. The number of hydrogen-bond acceptors (Lipinski definition) is 3. The average molecular weight is 304 g/mol. The summed E-state index contributed by atoms with van der Waals surface area (Å²) in [5, 5.41) is 0. The fraction of sp³-hybridized carbons (Fsp3) is 0.579. The lowest BCUT2D eigenvalue weighted by molar-refractivity contribution is -0.290. The van der Waals surface area contributed by atoms with Crippen LogP contribution in [0, 0.1) is 5.92 Å². The SMILES string of the molecule is C=C(C[C@H]1OC(C)(C)OC[C@@H]1C)[C@H](C)OCc1ccccc1. The minimum atomic E-state index is -0.508. The number of rotatable bonds is 6. The third-order valence-corrected chi connectivity index (χ3v) is 4.14. The van der Waals surface area contributed by atoms with Gasteiger partial charge in [0.1, 0.15) is 0 Å². The molecule has 2 rings (SSSR count). The standard InChI is InChI=1S/C19H28O3/c1-14(11-18-15(2)12-21-19(4,5)22-18)16(3)20-13-17-9-7-6-8-10-17/h6-10,15-16,18H,1,11-13H2,2-5H3/t15-,16-,18+/m0/s1. The molecule has 1 aliphatic rings. The molecule has 22 heavy (non-hydrogen) atoms. The van der Waals surface area contributed by atoms with E-state index in [1.807, 2.05) is 32.0 Å². The molecule has 3 heteroatoms. The molecule has 0 spiro atoms. The second-order valence-electron chi connectivity index (χ2n) is 6.65. The lowest BCUT2D eigenvalue weighted by Crippen LogP contribution is -2.45. The molecule has 0 amide bonds. The normalized spacial score (nSPS) is 25.6. The summed E-state index contributed by atoms with van der Waals surface area (Å²) in [5.41, 5.74) is 2.25. The Kier molecular flexibility index (Phi) is 5.79. The second kappa shape index (κ2) is 7.40. The van der Waals surface area contributed by atoms with Crippen LogP contribution >= 0.6 is 0 Å². The molecule has 0 N–H and O–H groups in total. The fourth-order valence-electron chi connectivity index (χ4n) is 2.53. The third-order valence-electron chi connectivity index (χ3n) is 4.14. The molecule has 0 saturated carbocycles. The maximum atomic E-state index is 6.03. The predicted octanol–water partition coefficient (Wildman–Crippen LogP) is 4.33. The maximum Gasteiger partial charge on any atom is 0.163 e. The monoisotopic (exact) mass is 304 g/mol. The summed E-state index contributed by atoms with van der Waals surface area (Å²) < 4.78 is 17.6. The van der Waals surface area contributed by atoms with E-state index in [1.54, 1.807) is 0 Å². The third kappa shape index (κ3) is 4.94. The van der Waals surface area contributed by atoms with Gasteiger partial charge >= 0.3 is 0 Å². The highest BCUT2D eigenvalue weighted by Gasteiger charge is 2.34. The van der Waals surface area contributed by atoms with Gasteiger partial charge in [-0.2, -0.15) is 0 Å². The topological polar surface area (TPSA) is 27.7 Å². The van der Waals surface area contributed by atoms with Crippen LogP contribution in [-0.4, -0.2) is 24.6 Å². The first-order valence-corrected chi connectivity index (χ1v) is 8.02. The summed E-state index contributed by atoms with van der Waals surface area (Å²) in [6, 6.07) is 10.2. The minimum Gasteiger partial charge on any atom is -0.369 e. The molecule has 122 valence electrons. The molecular formula is C19H28O3. The smallest absolute Gasteiger partial charge is 0.163 e. The lowest BCUT2D eigenvalue weighted by atomic mass is 9.95. The van der Waals surface area contributed by atoms with Crippen molar-refractivity contribution in [2.24, 2.45) is 5.92 Å². The van der Waals surface area contributed by atoms with Crippen molar-refractivity contribution in [2.75, 3.05) is 6.61 Å². The summed E-state index contributed by atoms with van der Waals surface area (Å²) >= 11 is 0. The maximum absolute atomic E-state index is 6.03. The van der Waals surface area contributed by atoms with E-state index >= 15 is 0 Å². The van der Waals surface area contributed by atoms with Crippen LogP contribution in [0.25, 0.3) is 0 Å². The van der Waals surface area contributed by atoms with Gasteiger partial charge in [-0.25, -0.2) is 0 Å². The van der Waals surface area contributed by atoms with Crippen LogP contribution in [0.4, 0.5) is 0 Å². The van der Waals surface area contributed by atoms with Gasteiger partial charge in [0, 0.05) is 5.92 Å². The van der Waals surface area contributed by atoms with Gasteiger partial charge in [0.25, 0.3) is 0 Å². The Labute approximate surface area is 134 Å². The zero-order valence-corrected chi connectivity index (χ0v) is 14.2. The highest BCUT2D eigenvalue weighted by Crippen LogP contribution is 2.30.